The van der Waals surface area contributed by atoms with Crippen molar-refractivity contribution < 1.29 is 23.8 Å². The van der Waals surface area contributed by atoms with Crippen LogP contribution in [0.2, 0.25) is 0 Å². The second-order valence-electron chi connectivity index (χ2n) is 8.37. The summed E-state index contributed by atoms with van der Waals surface area (Å²) in [5.41, 5.74) is 3.27. The Bertz CT molecular complexity index is 748. The standard InChI is InChI=1S/C21H30N2O5/c1-14-15(6-7-16-17(14)13-27-19(16)24)18(26-5)12-22-8-10-23(11-9-22)20(25)28-21(2,3)4/h6-7,18H,8-13H2,1-5H3. The number of piperazine rings is 1. The zero-order valence-electron chi connectivity index (χ0n) is 17.4. The fraction of sp³-hybridized carbons (Fsp3) is 0.619. The van der Waals surface area contributed by atoms with Crippen molar-refractivity contribution in [2.75, 3.05) is 39.8 Å². The monoisotopic (exact) mass is 390 g/mol. The molecule has 154 valence electrons. The molecule has 1 saturated heterocycles. The van der Waals surface area contributed by atoms with E-state index in [0.717, 1.165) is 36.3 Å². The lowest BCUT2D eigenvalue weighted by Crippen LogP contribution is -2.50. The molecule has 3 rings (SSSR count). The van der Waals surface area contributed by atoms with Crippen LogP contribution >= 0.6 is 0 Å². The topological polar surface area (TPSA) is 68.3 Å². The van der Waals surface area contributed by atoms with Crippen LogP contribution in [0, 0.1) is 6.92 Å². The summed E-state index contributed by atoms with van der Waals surface area (Å²) < 4.78 is 16.4. The van der Waals surface area contributed by atoms with Gasteiger partial charge in [-0.2, -0.15) is 0 Å². The van der Waals surface area contributed by atoms with Crippen LogP contribution in [0.15, 0.2) is 12.1 Å². The first-order valence-electron chi connectivity index (χ1n) is 9.72. The number of cyclic esters (lactones) is 1. The summed E-state index contributed by atoms with van der Waals surface area (Å²) in [4.78, 5) is 28.0. The van der Waals surface area contributed by atoms with Gasteiger partial charge in [-0.3, -0.25) is 4.90 Å². The first kappa shape index (κ1) is 20.6. The largest absolute Gasteiger partial charge is 0.457 e. The van der Waals surface area contributed by atoms with Crippen LogP contribution in [0.4, 0.5) is 4.79 Å². The highest BCUT2D eigenvalue weighted by molar-refractivity contribution is 5.93. The molecular weight excluding hydrogens is 360 g/mol. The van der Waals surface area contributed by atoms with Gasteiger partial charge in [-0.25, -0.2) is 9.59 Å². The van der Waals surface area contributed by atoms with Gasteiger partial charge >= 0.3 is 12.1 Å². The van der Waals surface area contributed by atoms with Crippen LogP contribution in [0.5, 0.6) is 0 Å². The Morgan fingerprint density at radius 1 is 1.21 bits per heavy atom. The molecule has 1 amide bonds. The highest BCUT2D eigenvalue weighted by atomic mass is 16.6. The molecule has 2 aliphatic heterocycles. The van der Waals surface area contributed by atoms with Crippen molar-refractivity contribution in [3.8, 4) is 0 Å². The van der Waals surface area contributed by atoms with Gasteiger partial charge in [-0.15, -0.1) is 0 Å². The SMILES string of the molecule is COC(CN1CCN(C(=O)OC(C)(C)C)CC1)c1ccc2c(c1C)COC2=O. The lowest BCUT2D eigenvalue weighted by atomic mass is 9.95. The first-order valence-corrected chi connectivity index (χ1v) is 9.72. The Labute approximate surface area is 166 Å². The lowest BCUT2D eigenvalue weighted by Gasteiger charge is -2.37. The maximum absolute atomic E-state index is 12.2. The minimum Gasteiger partial charge on any atom is -0.457 e. The molecule has 28 heavy (non-hydrogen) atoms. The Morgan fingerprint density at radius 3 is 2.50 bits per heavy atom. The molecule has 0 spiro atoms. The van der Waals surface area contributed by atoms with Gasteiger partial charge < -0.3 is 19.1 Å². The summed E-state index contributed by atoms with van der Waals surface area (Å²) in [6.07, 6.45) is -0.358. The van der Waals surface area contributed by atoms with Gasteiger partial charge in [0.2, 0.25) is 0 Å². The molecule has 0 aliphatic carbocycles. The number of esters is 1. The second-order valence-corrected chi connectivity index (χ2v) is 8.37. The number of methoxy groups -OCH3 is 1. The Kier molecular flexibility index (Phi) is 5.95. The van der Waals surface area contributed by atoms with E-state index in [1.165, 1.54) is 0 Å². The molecule has 2 heterocycles. The molecule has 2 aliphatic rings. The van der Waals surface area contributed by atoms with E-state index >= 15 is 0 Å². The molecule has 0 N–H and O–H groups in total. The normalized spacial score (nSPS) is 18.6. The van der Waals surface area contributed by atoms with Gasteiger partial charge in [0.05, 0.1) is 11.7 Å². The molecular formula is C21H30N2O5. The van der Waals surface area contributed by atoms with Crippen molar-refractivity contribution in [2.45, 2.75) is 46.0 Å². The number of nitrogens with zero attached hydrogens (tertiary/aromatic N) is 2. The zero-order chi connectivity index (χ0) is 20.5. The molecule has 0 aromatic heterocycles. The van der Waals surface area contributed by atoms with Crippen molar-refractivity contribution >= 4 is 12.1 Å². The van der Waals surface area contributed by atoms with Gasteiger partial charge in [-0.05, 0) is 44.9 Å². The lowest BCUT2D eigenvalue weighted by molar-refractivity contribution is 0.00606. The van der Waals surface area contributed by atoms with Crippen molar-refractivity contribution in [2.24, 2.45) is 0 Å². The van der Waals surface area contributed by atoms with Crippen molar-refractivity contribution in [3.05, 3.63) is 34.4 Å². The van der Waals surface area contributed by atoms with Crippen LogP contribution in [-0.2, 0) is 20.8 Å². The van der Waals surface area contributed by atoms with E-state index < -0.39 is 5.60 Å². The van der Waals surface area contributed by atoms with Crippen LogP contribution in [0.25, 0.3) is 0 Å². The van der Waals surface area contributed by atoms with Crippen LogP contribution < -0.4 is 0 Å². The molecule has 1 aromatic carbocycles. The fourth-order valence-electron chi connectivity index (χ4n) is 3.69. The minimum absolute atomic E-state index is 0.103. The maximum Gasteiger partial charge on any atom is 0.410 e. The summed E-state index contributed by atoms with van der Waals surface area (Å²) in [6.45, 7) is 11.5. The Hall–Kier alpha value is -2.12. The third kappa shape index (κ3) is 4.47. The van der Waals surface area contributed by atoms with E-state index in [2.05, 4.69) is 4.90 Å². The van der Waals surface area contributed by atoms with Gasteiger partial charge in [0.15, 0.2) is 0 Å². The third-order valence-corrected chi connectivity index (χ3v) is 5.29. The number of hydrogen-bond acceptors (Lipinski definition) is 6. The summed E-state index contributed by atoms with van der Waals surface area (Å²) in [6, 6.07) is 3.80. The van der Waals surface area contributed by atoms with E-state index in [1.54, 1.807) is 12.0 Å². The quantitative estimate of drug-likeness (QED) is 0.737. The summed E-state index contributed by atoms with van der Waals surface area (Å²) in [7, 11) is 1.70. The average Bonchev–Trinajstić information content (AvgIpc) is 3.01. The van der Waals surface area contributed by atoms with Gasteiger partial charge in [0, 0.05) is 45.4 Å². The number of fused-ring (bicyclic) bond motifs is 1. The third-order valence-electron chi connectivity index (χ3n) is 5.29. The highest BCUT2D eigenvalue weighted by Crippen LogP contribution is 2.31. The van der Waals surface area contributed by atoms with Crippen molar-refractivity contribution in [3.63, 3.8) is 0 Å². The number of carbonyl (C=O) groups excluding carboxylic acids is 2. The number of benzene rings is 1. The summed E-state index contributed by atoms with van der Waals surface area (Å²) in [5, 5.41) is 0. The molecule has 0 bridgehead atoms. The predicted octanol–water partition coefficient (Wildman–Crippen LogP) is 2.91. The number of rotatable bonds is 4. The average molecular weight is 390 g/mol. The van der Waals surface area contributed by atoms with Gasteiger partial charge in [0.1, 0.15) is 12.2 Å². The van der Waals surface area contributed by atoms with E-state index in [4.69, 9.17) is 14.2 Å². The van der Waals surface area contributed by atoms with Gasteiger partial charge in [-0.1, -0.05) is 6.07 Å². The number of amides is 1. The minimum atomic E-state index is -0.481. The first-order chi connectivity index (χ1) is 13.2. The van der Waals surface area contributed by atoms with E-state index in [-0.39, 0.29) is 18.2 Å². The van der Waals surface area contributed by atoms with E-state index in [0.29, 0.717) is 25.3 Å². The van der Waals surface area contributed by atoms with Crippen LogP contribution in [0.1, 0.15) is 53.9 Å². The molecule has 1 unspecified atom stereocenters. The summed E-state index contributed by atoms with van der Waals surface area (Å²) in [5.74, 6) is -0.253. The fourth-order valence-corrected chi connectivity index (χ4v) is 3.69. The molecule has 7 heteroatoms. The molecule has 7 nitrogen and oxygen atoms in total. The van der Waals surface area contributed by atoms with Crippen molar-refractivity contribution in [1.82, 2.24) is 9.80 Å². The van der Waals surface area contributed by atoms with Crippen molar-refractivity contribution in [1.29, 1.82) is 0 Å². The second kappa shape index (κ2) is 8.09. The van der Waals surface area contributed by atoms with E-state index in [1.807, 2.05) is 39.8 Å². The number of carbonyl (C=O) groups is 2. The molecule has 0 radical (unpaired) electrons. The molecule has 0 saturated carbocycles. The highest BCUT2D eigenvalue weighted by Gasteiger charge is 2.29. The summed E-state index contributed by atoms with van der Waals surface area (Å²) >= 11 is 0. The Balaban J connectivity index is 1.61. The van der Waals surface area contributed by atoms with E-state index in [9.17, 15) is 9.59 Å². The smallest absolute Gasteiger partial charge is 0.410 e. The maximum atomic E-state index is 12.2. The zero-order valence-corrected chi connectivity index (χ0v) is 17.4. The molecule has 1 fully saturated rings. The number of ether oxygens (including phenoxy) is 3. The van der Waals surface area contributed by atoms with Gasteiger partial charge in [0.25, 0.3) is 0 Å². The van der Waals surface area contributed by atoms with Crippen LogP contribution in [0.3, 0.4) is 0 Å². The Morgan fingerprint density at radius 2 is 1.89 bits per heavy atom. The predicted molar refractivity (Wildman–Crippen MR) is 104 cm³/mol. The molecule has 1 atom stereocenters. The molecule has 1 aromatic rings. The number of hydrogen-bond donors (Lipinski definition) is 0. The van der Waals surface area contributed by atoms with Crippen LogP contribution in [-0.4, -0.2) is 67.3 Å².